The van der Waals surface area contributed by atoms with Gasteiger partial charge in [-0.2, -0.15) is 0 Å². The Bertz CT molecular complexity index is 210. The van der Waals surface area contributed by atoms with Gasteiger partial charge in [0.1, 0.15) is 0 Å². The third kappa shape index (κ3) is 4.18. The fourth-order valence-electron chi connectivity index (χ4n) is 1.90. The number of carbonyl (C=O) groups is 1. The molecule has 1 rings (SSSR count). The normalized spacial score (nSPS) is 21.3. The summed E-state index contributed by atoms with van der Waals surface area (Å²) in [5, 5.41) is 5.84. The van der Waals surface area contributed by atoms with Gasteiger partial charge in [0.2, 0.25) is 5.91 Å². The maximum atomic E-state index is 11.0. The molecule has 4 nitrogen and oxygen atoms in total. The Labute approximate surface area is 92.4 Å². The number of rotatable bonds is 4. The summed E-state index contributed by atoms with van der Waals surface area (Å²) in [6, 6.07) is 0. The Morgan fingerprint density at radius 1 is 1.40 bits per heavy atom. The molecular formula is C11H23N3O. The Kier molecular flexibility index (Phi) is 4.54. The maximum Gasteiger partial charge on any atom is 0.233 e. The monoisotopic (exact) mass is 213 g/mol. The molecule has 0 bridgehead atoms. The van der Waals surface area contributed by atoms with Gasteiger partial charge in [-0.25, -0.2) is 0 Å². The molecule has 0 atom stereocenters. The number of likely N-dealkylation sites (tertiary alicyclic amines) is 1. The number of amides is 1. The highest BCUT2D eigenvalue weighted by Crippen LogP contribution is 2.29. The Balaban J connectivity index is 2.22. The molecule has 0 saturated carbocycles. The van der Waals surface area contributed by atoms with Crippen LogP contribution >= 0.6 is 0 Å². The van der Waals surface area contributed by atoms with Gasteiger partial charge in [-0.3, -0.25) is 4.79 Å². The second-order valence-electron chi connectivity index (χ2n) is 4.89. The van der Waals surface area contributed by atoms with E-state index < -0.39 is 0 Å². The van der Waals surface area contributed by atoms with Crippen molar-refractivity contribution in [3.8, 4) is 0 Å². The molecule has 0 radical (unpaired) electrons. The van der Waals surface area contributed by atoms with Crippen molar-refractivity contribution in [3.63, 3.8) is 0 Å². The number of hydrogen-bond donors (Lipinski definition) is 2. The molecule has 4 heteroatoms. The third-order valence-corrected chi connectivity index (χ3v) is 3.31. The summed E-state index contributed by atoms with van der Waals surface area (Å²) in [4.78, 5) is 13.4. The molecule has 0 aromatic rings. The molecule has 0 aliphatic carbocycles. The van der Waals surface area contributed by atoms with Crippen LogP contribution in [0.3, 0.4) is 0 Å². The predicted molar refractivity (Wildman–Crippen MR) is 61.8 cm³/mol. The molecule has 2 N–H and O–H groups in total. The first-order chi connectivity index (χ1) is 7.06. The highest BCUT2D eigenvalue weighted by molar-refractivity contribution is 5.77. The van der Waals surface area contributed by atoms with E-state index >= 15 is 0 Å². The summed E-state index contributed by atoms with van der Waals surface area (Å²) < 4.78 is 0. The van der Waals surface area contributed by atoms with Crippen LogP contribution in [0.2, 0.25) is 0 Å². The van der Waals surface area contributed by atoms with E-state index in [4.69, 9.17) is 0 Å². The van der Waals surface area contributed by atoms with Gasteiger partial charge in [0.25, 0.3) is 0 Å². The standard InChI is InChI=1S/C11H23N3O/c1-11(4-6-14(3)7-5-11)9-13-8-10(15)12-2/h13H,4-9H2,1-3H3,(H,12,15). The molecule has 1 aliphatic heterocycles. The Morgan fingerprint density at radius 2 is 2.00 bits per heavy atom. The van der Waals surface area contributed by atoms with Crippen LogP contribution in [0.25, 0.3) is 0 Å². The SMILES string of the molecule is CNC(=O)CNCC1(C)CCN(C)CC1. The van der Waals surface area contributed by atoms with E-state index in [0.717, 1.165) is 19.6 Å². The van der Waals surface area contributed by atoms with Crippen LogP contribution in [-0.2, 0) is 4.79 Å². The van der Waals surface area contributed by atoms with Gasteiger partial charge in [-0.15, -0.1) is 0 Å². The fourth-order valence-corrected chi connectivity index (χ4v) is 1.90. The van der Waals surface area contributed by atoms with Crippen molar-refractivity contribution in [2.75, 3.05) is 40.3 Å². The molecule has 0 unspecified atom stereocenters. The number of likely N-dealkylation sites (N-methyl/N-ethyl adjacent to an activating group) is 1. The van der Waals surface area contributed by atoms with Gasteiger partial charge in [-0.1, -0.05) is 6.92 Å². The minimum absolute atomic E-state index is 0.0616. The second-order valence-corrected chi connectivity index (χ2v) is 4.89. The largest absolute Gasteiger partial charge is 0.358 e. The van der Waals surface area contributed by atoms with Crippen molar-refractivity contribution in [1.29, 1.82) is 0 Å². The predicted octanol–water partition coefficient (Wildman–Crippen LogP) is 0.0539. The number of carbonyl (C=O) groups excluding carboxylic acids is 1. The van der Waals surface area contributed by atoms with E-state index in [2.05, 4.69) is 29.5 Å². The second kappa shape index (κ2) is 5.47. The maximum absolute atomic E-state index is 11.0. The lowest BCUT2D eigenvalue weighted by Gasteiger charge is -2.38. The first kappa shape index (κ1) is 12.5. The van der Waals surface area contributed by atoms with E-state index in [1.165, 1.54) is 12.8 Å². The van der Waals surface area contributed by atoms with Crippen LogP contribution in [0.4, 0.5) is 0 Å². The van der Waals surface area contributed by atoms with E-state index in [1.807, 2.05) is 0 Å². The minimum atomic E-state index is 0.0616. The van der Waals surface area contributed by atoms with Crippen molar-refractivity contribution in [1.82, 2.24) is 15.5 Å². The van der Waals surface area contributed by atoms with Gasteiger partial charge in [-0.05, 0) is 38.4 Å². The first-order valence-corrected chi connectivity index (χ1v) is 5.66. The lowest BCUT2D eigenvalue weighted by atomic mass is 9.80. The number of nitrogens with zero attached hydrogens (tertiary/aromatic N) is 1. The molecule has 1 heterocycles. The summed E-state index contributed by atoms with van der Waals surface area (Å²) in [7, 11) is 3.83. The quantitative estimate of drug-likeness (QED) is 0.694. The van der Waals surface area contributed by atoms with E-state index in [-0.39, 0.29) is 5.91 Å². The van der Waals surface area contributed by atoms with Gasteiger partial charge in [0.05, 0.1) is 6.54 Å². The fraction of sp³-hybridized carbons (Fsp3) is 0.909. The number of piperidine rings is 1. The molecule has 15 heavy (non-hydrogen) atoms. The Hall–Kier alpha value is -0.610. The summed E-state index contributed by atoms with van der Waals surface area (Å²) in [6.07, 6.45) is 2.43. The molecule has 0 aromatic heterocycles. The first-order valence-electron chi connectivity index (χ1n) is 5.66. The highest BCUT2D eigenvalue weighted by atomic mass is 16.1. The van der Waals surface area contributed by atoms with Crippen LogP contribution in [0.5, 0.6) is 0 Å². The summed E-state index contributed by atoms with van der Waals surface area (Å²) in [6.45, 7) is 6.00. The van der Waals surface area contributed by atoms with Crippen molar-refractivity contribution >= 4 is 5.91 Å². The summed E-state index contributed by atoms with van der Waals surface area (Å²) in [5.74, 6) is 0.0616. The van der Waals surface area contributed by atoms with Crippen LogP contribution in [0, 0.1) is 5.41 Å². The van der Waals surface area contributed by atoms with E-state index in [1.54, 1.807) is 7.05 Å². The van der Waals surface area contributed by atoms with Crippen LogP contribution in [0.15, 0.2) is 0 Å². The van der Waals surface area contributed by atoms with Gasteiger partial charge in [0, 0.05) is 13.6 Å². The van der Waals surface area contributed by atoms with Crippen LogP contribution in [-0.4, -0.2) is 51.1 Å². The smallest absolute Gasteiger partial charge is 0.233 e. The van der Waals surface area contributed by atoms with Gasteiger partial charge in [0.15, 0.2) is 0 Å². The molecule has 1 amide bonds. The zero-order chi connectivity index (χ0) is 11.3. The minimum Gasteiger partial charge on any atom is -0.358 e. The van der Waals surface area contributed by atoms with Crippen molar-refractivity contribution < 1.29 is 4.79 Å². The van der Waals surface area contributed by atoms with Crippen molar-refractivity contribution in [3.05, 3.63) is 0 Å². The topological polar surface area (TPSA) is 44.4 Å². The third-order valence-electron chi connectivity index (χ3n) is 3.31. The van der Waals surface area contributed by atoms with E-state index in [9.17, 15) is 4.79 Å². The van der Waals surface area contributed by atoms with Crippen molar-refractivity contribution in [2.24, 2.45) is 5.41 Å². The number of nitrogens with one attached hydrogen (secondary N) is 2. The average Bonchev–Trinajstić information content (AvgIpc) is 2.23. The molecule has 0 spiro atoms. The number of hydrogen-bond acceptors (Lipinski definition) is 3. The van der Waals surface area contributed by atoms with Gasteiger partial charge < -0.3 is 15.5 Å². The average molecular weight is 213 g/mol. The van der Waals surface area contributed by atoms with E-state index in [0.29, 0.717) is 12.0 Å². The Morgan fingerprint density at radius 3 is 2.53 bits per heavy atom. The zero-order valence-electron chi connectivity index (χ0n) is 10.1. The lowest BCUT2D eigenvalue weighted by Crippen LogP contribution is -2.44. The summed E-state index contributed by atoms with van der Waals surface area (Å²) in [5.41, 5.74) is 0.362. The van der Waals surface area contributed by atoms with Crippen molar-refractivity contribution in [2.45, 2.75) is 19.8 Å². The van der Waals surface area contributed by atoms with Gasteiger partial charge >= 0.3 is 0 Å². The molecule has 0 aromatic carbocycles. The molecular weight excluding hydrogens is 190 g/mol. The molecule has 1 saturated heterocycles. The van der Waals surface area contributed by atoms with Crippen LogP contribution < -0.4 is 10.6 Å². The molecule has 1 aliphatic rings. The lowest BCUT2D eigenvalue weighted by molar-refractivity contribution is -0.119. The molecule has 1 fully saturated rings. The summed E-state index contributed by atoms with van der Waals surface area (Å²) >= 11 is 0. The highest BCUT2D eigenvalue weighted by Gasteiger charge is 2.28. The zero-order valence-corrected chi connectivity index (χ0v) is 10.1. The molecule has 88 valence electrons. The van der Waals surface area contributed by atoms with Crippen LogP contribution in [0.1, 0.15) is 19.8 Å².